The number of aromatic nitrogens is 1. The summed E-state index contributed by atoms with van der Waals surface area (Å²) in [6.07, 6.45) is 1.75. The third-order valence-electron chi connectivity index (χ3n) is 6.50. The lowest BCUT2D eigenvalue weighted by Gasteiger charge is -2.25. The zero-order chi connectivity index (χ0) is 29.5. The molecule has 0 aliphatic carbocycles. The second-order valence-electron chi connectivity index (χ2n) is 9.70. The van der Waals surface area contributed by atoms with Crippen molar-refractivity contribution >= 4 is 29.4 Å². The van der Waals surface area contributed by atoms with E-state index < -0.39 is 18.0 Å². The van der Waals surface area contributed by atoms with E-state index in [2.05, 4.69) is 18.8 Å². The maximum Gasteiger partial charge on any atom is 0.344 e. The van der Waals surface area contributed by atoms with Crippen LogP contribution in [0.25, 0.3) is 6.08 Å². The highest BCUT2D eigenvalue weighted by Crippen LogP contribution is 2.31. The molecule has 0 saturated heterocycles. The predicted octanol–water partition coefficient (Wildman–Crippen LogP) is 3.49. The van der Waals surface area contributed by atoms with Gasteiger partial charge in [-0.25, -0.2) is 14.6 Å². The van der Waals surface area contributed by atoms with Crippen LogP contribution in [0.2, 0.25) is 0 Å². The molecule has 1 aliphatic rings. The van der Waals surface area contributed by atoms with Crippen molar-refractivity contribution in [2.75, 3.05) is 33.5 Å². The smallest absolute Gasteiger partial charge is 0.344 e. The first-order valence-electron chi connectivity index (χ1n) is 13.4. The minimum Gasteiger partial charge on any atom is -0.482 e. The van der Waals surface area contributed by atoms with Gasteiger partial charge in [0.25, 0.3) is 5.56 Å². The highest BCUT2D eigenvalue weighted by atomic mass is 32.1. The number of carbonyl (C=O) groups excluding carboxylic acids is 2. The molecule has 0 spiro atoms. The Bertz CT molecular complexity index is 1620. The van der Waals surface area contributed by atoms with E-state index in [0.717, 1.165) is 11.1 Å². The summed E-state index contributed by atoms with van der Waals surface area (Å²) in [6.45, 7) is 8.11. The van der Waals surface area contributed by atoms with E-state index in [1.807, 2.05) is 30.3 Å². The van der Waals surface area contributed by atoms with Crippen LogP contribution in [0, 0.1) is 0 Å². The summed E-state index contributed by atoms with van der Waals surface area (Å²) < 4.78 is 23.0. The number of ether oxygens (including phenoxy) is 4. The van der Waals surface area contributed by atoms with Gasteiger partial charge in [0.2, 0.25) is 0 Å². The van der Waals surface area contributed by atoms with Crippen LogP contribution in [0.1, 0.15) is 56.3 Å². The fourth-order valence-corrected chi connectivity index (χ4v) is 5.49. The molecule has 3 aromatic rings. The first-order chi connectivity index (χ1) is 19.7. The molecule has 2 aromatic carbocycles. The minimum atomic E-state index is -0.705. The predicted molar refractivity (Wildman–Crippen MR) is 156 cm³/mol. The summed E-state index contributed by atoms with van der Waals surface area (Å²) in [6, 6.07) is 14.3. The zero-order valence-corrected chi connectivity index (χ0v) is 24.7. The SMILES string of the molecule is CCOC(=O)COc1cccc(C=c2sc3n(c2=O)C(c2ccc(C(C)C)cc2)C(C(=O)OCCOC)=C(C)N=3)c1. The van der Waals surface area contributed by atoms with Crippen molar-refractivity contribution in [2.45, 2.75) is 39.7 Å². The van der Waals surface area contributed by atoms with Gasteiger partial charge in [0.05, 0.1) is 35.1 Å². The highest BCUT2D eigenvalue weighted by molar-refractivity contribution is 7.07. The van der Waals surface area contributed by atoms with Gasteiger partial charge in [-0.2, -0.15) is 0 Å². The number of methoxy groups -OCH3 is 1. The van der Waals surface area contributed by atoms with E-state index in [1.54, 1.807) is 42.7 Å². The quantitative estimate of drug-likeness (QED) is 0.253. The van der Waals surface area contributed by atoms with E-state index in [9.17, 15) is 14.4 Å². The van der Waals surface area contributed by atoms with Gasteiger partial charge < -0.3 is 18.9 Å². The van der Waals surface area contributed by atoms with Gasteiger partial charge in [-0.1, -0.05) is 61.6 Å². The Morgan fingerprint density at radius 3 is 2.54 bits per heavy atom. The molecule has 0 bridgehead atoms. The van der Waals surface area contributed by atoms with Gasteiger partial charge in [0.15, 0.2) is 11.4 Å². The highest BCUT2D eigenvalue weighted by Gasteiger charge is 2.33. The van der Waals surface area contributed by atoms with Crippen LogP contribution in [0.5, 0.6) is 5.75 Å². The first-order valence-corrected chi connectivity index (χ1v) is 14.2. The number of nitrogens with zero attached hydrogens (tertiary/aromatic N) is 2. The van der Waals surface area contributed by atoms with Crippen molar-refractivity contribution in [3.8, 4) is 5.75 Å². The molecule has 10 heteroatoms. The van der Waals surface area contributed by atoms with Gasteiger partial charge in [0.1, 0.15) is 12.4 Å². The lowest BCUT2D eigenvalue weighted by Crippen LogP contribution is -2.40. The number of fused-ring (bicyclic) bond motifs is 1. The molecular weight excluding hydrogens is 544 g/mol. The Balaban J connectivity index is 1.77. The summed E-state index contributed by atoms with van der Waals surface area (Å²) in [7, 11) is 1.53. The molecular formula is C31H34N2O7S. The Kier molecular flexibility index (Phi) is 9.91. The summed E-state index contributed by atoms with van der Waals surface area (Å²) in [5, 5.41) is 0. The summed E-state index contributed by atoms with van der Waals surface area (Å²) >= 11 is 1.24. The molecule has 0 saturated carbocycles. The van der Waals surface area contributed by atoms with Gasteiger partial charge >= 0.3 is 11.9 Å². The molecule has 0 radical (unpaired) electrons. The third-order valence-corrected chi connectivity index (χ3v) is 7.48. The topological polar surface area (TPSA) is 105 Å². The van der Waals surface area contributed by atoms with Crippen molar-refractivity contribution in [2.24, 2.45) is 4.99 Å². The van der Waals surface area contributed by atoms with Crippen LogP contribution in [0.3, 0.4) is 0 Å². The van der Waals surface area contributed by atoms with Crippen molar-refractivity contribution in [1.82, 2.24) is 4.57 Å². The molecule has 1 aromatic heterocycles. The maximum absolute atomic E-state index is 13.9. The van der Waals surface area contributed by atoms with Gasteiger partial charge in [0, 0.05) is 7.11 Å². The molecule has 0 amide bonds. The van der Waals surface area contributed by atoms with Crippen LogP contribution in [0.15, 0.2) is 69.6 Å². The Morgan fingerprint density at radius 2 is 1.85 bits per heavy atom. The fourth-order valence-electron chi connectivity index (χ4n) is 4.45. The van der Waals surface area contributed by atoms with Crippen molar-refractivity contribution in [3.63, 3.8) is 0 Å². The molecule has 2 heterocycles. The number of thiazole rings is 1. The number of rotatable bonds is 11. The van der Waals surface area contributed by atoms with E-state index >= 15 is 0 Å². The lowest BCUT2D eigenvalue weighted by atomic mass is 9.93. The first kappa shape index (κ1) is 30.0. The third kappa shape index (κ3) is 7.01. The van der Waals surface area contributed by atoms with Crippen molar-refractivity contribution in [1.29, 1.82) is 0 Å². The van der Waals surface area contributed by atoms with Crippen molar-refractivity contribution in [3.05, 3.63) is 96.2 Å². The fraction of sp³-hybridized carbons (Fsp3) is 0.355. The van der Waals surface area contributed by atoms with Crippen LogP contribution >= 0.6 is 11.3 Å². The second kappa shape index (κ2) is 13.6. The Labute approximate surface area is 242 Å². The number of hydrogen-bond acceptors (Lipinski definition) is 9. The van der Waals surface area contributed by atoms with Crippen LogP contribution in [-0.4, -0.2) is 50.0 Å². The number of esters is 2. The van der Waals surface area contributed by atoms with Crippen LogP contribution in [-0.2, 0) is 23.8 Å². The van der Waals surface area contributed by atoms with Gasteiger partial charge in [-0.15, -0.1) is 0 Å². The molecule has 41 heavy (non-hydrogen) atoms. The Hall–Kier alpha value is -4.02. The molecule has 216 valence electrons. The molecule has 4 rings (SSSR count). The van der Waals surface area contributed by atoms with E-state index in [4.69, 9.17) is 18.9 Å². The molecule has 1 unspecified atom stereocenters. The molecule has 1 aliphatic heterocycles. The summed E-state index contributed by atoms with van der Waals surface area (Å²) in [5.74, 6) is -0.194. The van der Waals surface area contributed by atoms with Crippen molar-refractivity contribution < 1.29 is 28.5 Å². The van der Waals surface area contributed by atoms with Crippen LogP contribution < -0.4 is 19.6 Å². The molecule has 9 nitrogen and oxygen atoms in total. The standard InChI is InChI=1S/C31H34N2O7S/c1-6-38-26(34)18-40-24-9-7-8-21(16-24)17-25-29(35)33-28(23-12-10-22(11-13-23)19(2)3)27(20(4)32-31(33)41-25)30(36)39-15-14-37-5/h7-13,16-17,19,28H,6,14-15,18H2,1-5H3. The molecule has 1 atom stereocenters. The number of allylic oxidation sites excluding steroid dienone is 1. The summed E-state index contributed by atoms with van der Waals surface area (Å²) in [4.78, 5) is 44.0. The normalized spacial score (nSPS) is 15.0. The summed E-state index contributed by atoms with van der Waals surface area (Å²) in [5.41, 5.74) is 3.17. The van der Waals surface area contributed by atoms with E-state index in [0.29, 0.717) is 37.8 Å². The Morgan fingerprint density at radius 1 is 1.10 bits per heavy atom. The van der Waals surface area contributed by atoms with Gasteiger partial charge in [-0.05, 0) is 54.7 Å². The second-order valence-corrected chi connectivity index (χ2v) is 10.7. The maximum atomic E-state index is 13.9. The molecule has 0 fully saturated rings. The van der Waals surface area contributed by atoms with Gasteiger partial charge in [-0.3, -0.25) is 9.36 Å². The molecule has 0 N–H and O–H groups in total. The monoisotopic (exact) mass is 578 g/mol. The van der Waals surface area contributed by atoms with E-state index in [1.165, 1.54) is 18.4 Å². The number of hydrogen-bond donors (Lipinski definition) is 0. The number of benzene rings is 2. The van der Waals surface area contributed by atoms with E-state index in [-0.39, 0.29) is 32.0 Å². The average molecular weight is 579 g/mol. The zero-order valence-electron chi connectivity index (χ0n) is 23.8. The number of carbonyl (C=O) groups is 2. The average Bonchev–Trinajstić information content (AvgIpc) is 3.25. The largest absolute Gasteiger partial charge is 0.482 e. The lowest BCUT2D eigenvalue weighted by molar-refractivity contribution is -0.145. The van der Waals surface area contributed by atoms with Crippen LogP contribution in [0.4, 0.5) is 0 Å². The minimum absolute atomic E-state index is 0.0874.